The van der Waals surface area contributed by atoms with Crippen molar-refractivity contribution in [3.63, 3.8) is 0 Å². The van der Waals surface area contributed by atoms with Crippen LogP contribution in [0.1, 0.15) is 27.0 Å². The first-order chi connectivity index (χ1) is 18.4. The SMILES string of the molecule is C=C(/N=C(\C=C/N)c1cccnc1)Nc1cc(NC(=O)c2ccc(CN3CCN(C)CC3)cc2)ccc1C. The Bertz CT molecular complexity index is 1310. The van der Waals surface area contributed by atoms with Crippen LogP contribution in [0.5, 0.6) is 0 Å². The zero-order valence-corrected chi connectivity index (χ0v) is 22.0. The van der Waals surface area contributed by atoms with Gasteiger partial charge in [0.25, 0.3) is 5.91 Å². The fourth-order valence-corrected chi connectivity index (χ4v) is 4.20. The van der Waals surface area contributed by atoms with Crippen LogP contribution in [0.3, 0.4) is 0 Å². The first kappa shape index (κ1) is 26.8. The number of aromatic nitrogens is 1. The zero-order valence-electron chi connectivity index (χ0n) is 22.0. The summed E-state index contributed by atoms with van der Waals surface area (Å²) in [7, 11) is 2.16. The molecule has 4 rings (SSSR count). The van der Waals surface area contributed by atoms with E-state index in [4.69, 9.17) is 5.73 Å². The number of nitrogens with two attached hydrogens (primary N) is 1. The standard InChI is InChI=1S/C30H35N7O/c1-22-6-11-27(19-29(22)34-23(2)33-28(12-13-31)26-5-4-14-32-20-26)35-30(38)25-9-7-24(8-10-25)21-37-17-15-36(3)16-18-37/h4-14,19-20,34H,2,15-18,21,31H2,1,3H3,(H,35,38)/b13-12-,33-28+. The third kappa shape index (κ3) is 7.38. The number of hydrogen-bond acceptors (Lipinski definition) is 7. The van der Waals surface area contributed by atoms with E-state index in [0.29, 0.717) is 22.8 Å². The van der Waals surface area contributed by atoms with Crippen molar-refractivity contribution in [2.45, 2.75) is 13.5 Å². The maximum Gasteiger partial charge on any atom is 0.255 e. The Morgan fingerprint density at radius 3 is 2.53 bits per heavy atom. The fourth-order valence-electron chi connectivity index (χ4n) is 4.20. The van der Waals surface area contributed by atoms with Crippen molar-refractivity contribution < 1.29 is 4.79 Å². The maximum absolute atomic E-state index is 12.9. The Hall–Kier alpha value is -4.27. The summed E-state index contributed by atoms with van der Waals surface area (Å²) in [5.41, 5.74) is 11.4. The molecular formula is C30H35N7O. The molecule has 1 aliphatic heterocycles. The molecule has 8 heteroatoms. The van der Waals surface area contributed by atoms with E-state index < -0.39 is 0 Å². The number of aryl methyl sites for hydroxylation is 1. The van der Waals surface area contributed by atoms with Crippen LogP contribution in [0.4, 0.5) is 11.4 Å². The summed E-state index contributed by atoms with van der Waals surface area (Å²) in [6.07, 6.45) is 6.54. The minimum atomic E-state index is -0.158. The minimum Gasteiger partial charge on any atom is -0.405 e. The zero-order chi connectivity index (χ0) is 26.9. The lowest BCUT2D eigenvalue weighted by Gasteiger charge is -2.32. The van der Waals surface area contributed by atoms with Crippen molar-refractivity contribution in [1.82, 2.24) is 14.8 Å². The molecule has 0 bridgehead atoms. The van der Waals surface area contributed by atoms with Crippen LogP contribution in [-0.2, 0) is 6.54 Å². The van der Waals surface area contributed by atoms with E-state index in [2.05, 4.69) is 44.0 Å². The molecule has 0 atom stereocenters. The average Bonchev–Trinajstić information content (AvgIpc) is 2.92. The normalized spacial score (nSPS) is 14.9. The molecule has 1 amide bonds. The highest BCUT2D eigenvalue weighted by Crippen LogP contribution is 2.23. The number of nitrogens with one attached hydrogen (secondary N) is 2. The van der Waals surface area contributed by atoms with E-state index in [1.807, 2.05) is 61.5 Å². The number of rotatable bonds is 9. The molecule has 1 saturated heterocycles. The van der Waals surface area contributed by atoms with Crippen molar-refractivity contribution in [2.75, 3.05) is 43.9 Å². The summed E-state index contributed by atoms with van der Waals surface area (Å²) in [5.74, 6) is 0.277. The van der Waals surface area contributed by atoms with Crippen molar-refractivity contribution in [2.24, 2.45) is 10.7 Å². The predicted molar refractivity (Wildman–Crippen MR) is 155 cm³/mol. The summed E-state index contributed by atoms with van der Waals surface area (Å²) in [6, 6.07) is 17.3. The molecule has 0 unspecified atom stereocenters. The summed E-state index contributed by atoms with van der Waals surface area (Å²) >= 11 is 0. The van der Waals surface area contributed by atoms with E-state index >= 15 is 0 Å². The fraction of sp³-hybridized carbons (Fsp3) is 0.233. The smallest absolute Gasteiger partial charge is 0.255 e. The Balaban J connectivity index is 1.40. The van der Waals surface area contributed by atoms with E-state index in [9.17, 15) is 4.79 Å². The highest BCUT2D eigenvalue weighted by atomic mass is 16.1. The quantitative estimate of drug-likeness (QED) is 0.373. The number of allylic oxidation sites excluding steroid dienone is 1. The van der Waals surface area contributed by atoms with E-state index in [1.165, 1.54) is 11.8 Å². The molecule has 196 valence electrons. The van der Waals surface area contributed by atoms with Crippen LogP contribution in [-0.4, -0.2) is 59.6 Å². The Labute approximate surface area is 224 Å². The largest absolute Gasteiger partial charge is 0.405 e. The molecule has 1 aromatic heterocycles. The molecule has 3 aromatic rings. The van der Waals surface area contributed by atoms with Gasteiger partial charge < -0.3 is 21.3 Å². The lowest BCUT2D eigenvalue weighted by Crippen LogP contribution is -2.43. The second-order valence-corrected chi connectivity index (χ2v) is 9.43. The van der Waals surface area contributed by atoms with Gasteiger partial charge in [-0.2, -0.15) is 0 Å². The number of benzene rings is 2. The first-order valence-corrected chi connectivity index (χ1v) is 12.7. The number of anilines is 2. The molecule has 1 fully saturated rings. The number of likely N-dealkylation sites (N-methyl/N-ethyl adjacent to an activating group) is 1. The van der Waals surface area contributed by atoms with Crippen molar-refractivity contribution >= 4 is 23.0 Å². The third-order valence-corrected chi connectivity index (χ3v) is 6.46. The van der Waals surface area contributed by atoms with Crippen LogP contribution in [0, 0.1) is 6.92 Å². The van der Waals surface area contributed by atoms with E-state index in [0.717, 1.165) is 49.5 Å². The van der Waals surface area contributed by atoms with Gasteiger partial charge >= 0.3 is 0 Å². The lowest BCUT2D eigenvalue weighted by atomic mass is 10.1. The van der Waals surface area contributed by atoms with Crippen LogP contribution >= 0.6 is 0 Å². The summed E-state index contributed by atoms with van der Waals surface area (Å²) < 4.78 is 0. The van der Waals surface area contributed by atoms with Gasteiger partial charge in [0.05, 0.1) is 5.71 Å². The van der Waals surface area contributed by atoms with Gasteiger partial charge in [-0.15, -0.1) is 0 Å². The third-order valence-electron chi connectivity index (χ3n) is 6.46. The predicted octanol–water partition coefficient (Wildman–Crippen LogP) is 4.23. The van der Waals surface area contributed by atoms with Crippen molar-refractivity contribution in [3.8, 4) is 0 Å². The van der Waals surface area contributed by atoms with E-state index in [1.54, 1.807) is 18.5 Å². The first-order valence-electron chi connectivity index (χ1n) is 12.7. The van der Waals surface area contributed by atoms with Crippen LogP contribution in [0.2, 0.25) is 0 Å². The number of carbonyl (C=O) groups excluding carboxylic acids is 1. The number of aliphatic imine (C=N–C) groups is 1. The van der Waals surface area contributed by atoms with Gasteiger partial charge in [-0.3, -0.25) is 14.7 Å². The topological polar surface area (TPSA) is 98.9 Å². The van der Waals surface area contributed by atoms with Gasteiger partial charge in [-0.1, -0.05) is 24.8 Å². The number of pyridine rings is 1. The Kier molecular flexibility index (Phi) is 9.02. The number of nitrogens with zero attached hydrogens (tertiary/aromatic N) is 4. The molecular weight excluding hydrogens is 474 g/mol. The molecule has 2 heterocycles. The minimum absolute atomic E-state index is 0.158. The molecule has 8 nitrogen and oxygen atoms in total. The molecule has 0 saturated carbocycles. The lowest BCUT2D eigenvalue weighted by molar-refractivity contribution is 0.102. The average molecular weight is 510 g/mol. The summed E-state index contributed by atoms with van der Waals surface area (Å²) in [4.78, 5) is 26.4. The molecule has 0 aliphatic carbocycles. The van der Waals surface area contributed by atoms with Crippen molar-refractivity contribution in [1.29, 1.82) is 0 Å². The number of piperazine rings is 1. The molecule has 4 N–H and O–H groups in total. The summed E-state index contributed by atoms with van der Waals surface area (Å²) in [5, 5.41) is 6.23. The van der Waals surface area contributed by atoms with Gasteiger partial charge in [0, 0.05) is 67.6 Å². The van der Waals surface area contributed by atoms with Gasteiger partial charge in [0.2, 0.25) is 0 Å². The monoisotopic (exact) mass is 509 g/mol. The second kappa shape index (κ2) is 12.8. The number of hydrogen-bond donors (Lipinski definition) is 3. The molecule has 0 radical (unpaired) electrons. The Morgan fingerprint density at radius 1 is 1.08 bits per heavy atom. The highest BCUT2D eigenvalue weighted by molar-refractivity contribution is 6.09. The van der Waals surface area contributed by atoms with Gasteiger partial charge in [0.15, 0.2) is 0 Å². The number of carbonyl (C=O) groups is 1. The van der Waals surface area contributed by atoms with E-state index in [-0.39, 0.29) is 5.91 Å². The van der Waals surface area contributed by atoms with Crippen LogP contribution in [0.25, 0.3) is 0 Å². The highest BCUT2D eigenvalue weighted by Gasteiger charge is 2.14. The second-order valence-electron chi connectivity index (χ2n) is 9.43. The van der Waals surface area contributed by atoms with Crippen LogP contribution < -0.4 is 16.4 Å². The van der Waals surface area contributed by atoms with Gasteiger partial charge in [0.1, 0.15) is 5.82 Å². The summed E-state index contributed by atoms with van der Waals surface area (Å²) in [6.45, 7) is 11.2. The molecule has 38 heavy (non-hydrogen) atoms. The number of amides is 1. The van der Waals surface area contributed by atoms with Crippen LogP contribution in [0.15, 0.2) is 96.7 Å². The maximum atomic E-state index is 12.9. The van der Waals surface area contributed by atoms with Gasteiger partial charge in [-0.05, 0) is 73.8 Å². The van der Waals surface area contributed by atoms with Gasteiger partial charge in [-0.25, -0.2) is 4.99 Å². The molecule has 0 spiro atoms. The molecule has 2 aromatic carbocycles. The molecule has 1 aliphatic rings. The van der Waals surface area contributed by atoms with Crippen molar-refractivity contribution in [3.05, 3.63) is 114 Å². The Morgan fingerprint density at radius 2 is 1.84 bits per heavy atom.